The minimum absolute atomic E-state index is 0.525. The van der Waals surface area contributed by atoms with Gasteiger partial charge in [-0.25, -0.2) is 0 Å². The molecule has 68 valence electrons. The minimum atomic E-state index is 0.525. The molecule has 1 unspecified atom stereocenters. The molecule has 0 aromatic heterocycles. The van der Waals surface area contributed by atoms with Crippen LogP contribution in [0.15, 0.2) is 5.16 Å². The predicted octanol–water partition coefficient (Wildman–Crippen LogP) is 1.18. The Kier molecular flexibility index (Phi) is 2.05. The molecule has 0 aliphatic carbocycles. The fraction of sp³-hybridized carbons (Fsp3) is 0.889. The van der Waals surface area contributed by atoms with Crippen LogP contribution >= 0.6 is 0 Å². The highest BCUT2D eigenvalue weighted by atomic mass is 16.4. The highest BCUT2D eigenvalue weighted by Gasteiger charge is 2.35. The molecule has 12 heavy (non-hydrogen) atoms. The van der Waals surface area contributed by atoms with E-state index in [1.165, 1.54) is 25.9 Å². The molecule has 3 fully saturated rings. The highest BCUT2D eigenvalue weighted by Crippen LogP contribution is 2.32. The zero-order chi connectivity index (χ0) is 8.55. The number of rotatable bonds is 1. The standard InChI is InChI=1S/C9H16N2O/c1-7(10-12)9-6-11-4-2-8(9)3-5-11/h8-9,12H,2-6H2,1H3. The van der Waals surface area contributed by atoms with Crippen molar-refractivity contribution < 1.29 is 5.21 Å². The van der Waals surface area contributed by atoms with Crippen molar-refractivity contribution in [3.63, 3.8) is 0 Å². The van der Waals surface area contributed by atoms with Crippen LogP contribution in [0.25, 0.3) is 0 Å². The minimum Gasteiger partial charge on any atom is -0.411 e. The molecule has 3 saturated heterocycles. The van der Waals surface area contributed by atoms with E-state index in [2.05, 4.69) is 10.1 Å². The van der Waals surface area contributed by atoms with Crippen molar-refractivity contribution in [2.75, 3.05) is 19.6 Å². The summed E-state index contributed by atoms with van der Waals surface area (Å²) in [5, 5.41) is 12.0. The normalized spacial score (nSPS) is 41.8. The van der Waals surface area contributed by atoms with Gasteiger partial charge in [0.05, 0.1) is 5.71 Å². The Bertz CT molecular complexity index is 195. The molecule has 0 amide bonds. The topological polar surface area (TPSA) is 35.8 Å². The maximum Gasteiger partial charge on any atom is 0.0586 e. The van der Waals surface area contributed by atoms with Gasteiger partial charge in [-0.15, -0.1) is 0 Å². The first kappa shape index (κ1) is 8.05. The molecule has 3 nitrogen and oxygen atoms in total. The van der Waals surface area contributed by atoms with E-state index in [1.54, 1.807) is 0 Å². The zero-order valence-corrected chi connectivity index (χ0v) is 7.53. The predicted molar refractivity (Wildman–Crippen MR) is 47.5 cm³/mol. The van der Waals surface area contributed by atoms with Gasteiger partial charge in [-0.3, -0.25) is 0 Å². The second-order valence-corrected chi connectivity index (χ2v) is 3.99. The molecule has 0 aromatic carbocycles. The van der Waals surface area contributed by atoms with E-state index in [-0.39, 0.29) is 0 Å². The summed E-state index contributed by atoms with van der Waals surface area (Å²) in [4.78, 5) is 2.47. The third kappa shape index (κ3) is 1.22. The fourth-order valence-corrected chi connectivity index (χ4v) is 2.51. The molecule has 0 aromatic rings. The van der Waals surface area contributed by atoms with Crippen LogP contribution < -0.4 is 0 Å². The van der Waals surface area contributed by atoms with E-state index >= 15 is 0 Å². The first-order valence-corrected chi connectivity index (χ1v) is 4.72. The molecule has 1 N–H and O–H groups in total. The van der Waals surface area contributed by atoms with Gasteiger partial charge in [-0.2, -0.15) is 0 Å². The third-order valence-electron chi connectivity index (χ3n) is 3.35. The van der Waals surface area contributed by atoms with Crippen LogP contribution in [0.2, 0.25) is 0 Å². The van der Waals surface area contributed by atoms with Crippen LogP contribution in [-0.4, -0.2) is 35.5 Å². The summed E-state index contributed by atoms with van der Waals surface area (Å²) in [5.41, 5.74) is 0.921. The van der Waals surface area contributed by atoms with Gasteiger partial charge in [0.1, 0.15) is 0 Å². The summed E-state index contributed by atoms with van der Waals surface area (Å²) in [6, 6.07) is 0. The SMILES string of the molecule is CC(=NO)C1CN2CCC1CC2. The largest absolute Gasteiger partial charge is 0.411 e. The maximum absolute atomic E-state index is 8.68. The lowest BCUT2D eigenvalue weighted by Crippen LogP contribution is -2.49. The van der Waals surface area contributed by atoms with E-state index in [1.807, 2.05) is 6.92 Å². The Balaban J connectivity index is 2.08. The highest BCUT2D eigenvalue weighted by molar-refractivity contribution is 5.84. The molecular weight excluding hydrogens is 152 g/mol. The molecule has 1 atom stereocenters. The van der Waals surface area contributed by atoms with Crippen LogP contribution in [0.1, 0.15) is 19.8 Å². The van der Waals surface area contributed by atoms with Crippen molar-refractivity contribution in [3.8, 4) is 0 Å². The quantitative estimate of drug-likeness (QED) is 0.362. The summed E-state index contributed by atoms with van der Waals surface area (Å²) in [6.07, 6.45) is 2.58. The molecule has 3 aliphatic heterocycles. The van der Waals surface area contributed by atoms with Crippen LogP contribution in [0, 0.1) is 11.8 Å². The molecule has 3 heterocycles. The van der Waals surface area contributed by atoms with Crippen LogP contribution in [0.3, 0.4) is 0 Å². The van der Waals surface area contributed by atoms with Crippen LogP contribution in [0.5, 0.6) is 0 Å². The lowest BCUT2D eigenvalue weighted by Gasteiger charge is -2.44. The number of hydrogen-bond donors (Lipinski definition) is 1. The van der Waals surface area contributed by atoms with Gasteiger partial charge >= 0.3 is 0 Å². The first-order chi connectivity index (χ1) is 5.81. The Morgan fingerprint density at radius 3 is 2.50 bits per heavy atom. The van der Waals surface area contributed by atoms with Crippen molar-refractivity contribution >= 4 is 5.71 Å². The molecule has 0 spiro atoms. The lowest BCUT2D eigenvalue weighted by atomic mass is 9.77. The van der Waals surface area contributed by atoms with Crippen molar-refractivity contribution in [1.82, 2.24) is 4.90 Å². The molecule has 0 radical (unpaired) electrons. The van der Waals surface area contributed by atoms with E-state index in [0.29, 0.717) is 5.92 Å². The average Bonchev–Trinajstić information content (AvgIpc) is 2.18. The van der Waals surface area contributed by atoms with E-state index in [0.717, 1.165) is 18.2 Å². The molecular formula is C9H16N2O. The van der Waals surface area contributed by atoms with Gasteiger partial charge in [0.25, 0.3) is 0 Å². The monoisotopic (exact) mass is 168 g/mol. The molecule has 3 aliphatic rings. The van der Waals surface area contributed by atoms with Crippen molar-refractivity contribution in [1.29, 1.82) is 0 Å². The maximum atomic E-state index is 8.68. The summed E-state index contributed by atoms with van der Waals surface area (Å²) in [7, 11) is 0. The van der Waals surface area contributed by atoms with Gasteiger partial charge in [-0.1, -0.05) is 5.16 Å². The van der Waals surface area contributed by atoms with Crippen LogP contribution in [0.4, 0.5) is 0 Å². The summed E-state index contributed by atoms with van der Waals surface area (Å²) in [5.74, 6) is 1.31. The van der Waals surface area contributed by atoms with Crippen molar-refractivity contribution in [3.05, 3.63) is 0 Å². The van der Waals surface area contributed by atoms with E-state index in [4.69, 9.17) is 5.21 Å². The number of hydrogen-bond acceptors (Lipinski definition) is 3. The number of nitrogens with zero attached hydrogens (tertiary/aromatic N) is 2. The van der Waals surface area contributed by atoms with E-state index in [9.17, 15) is 0 Å². The first-order valence-electron chi connectivity index (χ1n) is 4.72. The Labute approximate surface area is 73.1 Å². The van der Waals surface area contributed by atoms with Gasteiger partial charge in [-0.05, 0) is 38.8 Å². The van der Waals surface area contributed by atoms with Crippen molar-refractivity contribution in [2.45, 2.75) is 19.8 Å². The smallest absolute Gasteiger partial charge is 0.0586 e. The van der Waals surface area contributed by atoms with Crippen molar-refractivity contribution in [2.24, 2.45) is 17.0 Å². The summed E-state index contributed by atoms with van der Waals surface area (Å²) in [6.45, 7) is 5.55. The van der Waals surface area contributed by atoms with Gasteiger partial charge < -0.3 is 10.1 Å². The molecule has 3 rings (SSSR count). The van der Waals surface area contributed by atoms with Gasteiger partial charge in [0.2, 0.25) is 0 Å². The van der Waals surface area contributed by atoms with Gasteiger partial charge in [0.15, 0.2) is 0 Å². The Hall–Kier alpha value is -0.570. The number of oxime groups is 1. The summed E-state index contributed by atoms with van der Waals surface area (Å²) < 4.78 is 0. The number of fused-ring (bicyclic) bond motifs is 3. The zero-order valence-electron chi connectivity index (χ0n) is 7.53. The molecule has 2 bridgehead atoms. The number of piperidine rings is 3. The molecule has 0 saturated carbocycles. The third-order valence-corrected chi connectivity index (χ3v) is 3.35. The van der Waals surface area contributed by atoms with Gasteiger partial charge in [0, 0.05) is 12.5 Å². The molecule has 3 heteroatoms. The fourth-order valence-electron chi connectivity index (χ4n) is 2.51. The second kappa shape index (κ2) is 3.05. The summed E-state index contributed by atoms with van der Waals surface area (Å²) >= 11 is 0. The average molecular weight is 168 g/mol. The van der Waals surface area contributed by atoms with E-state index < -0.39 is 0 Å². The Morgan fingerprint density at radius 2 is 2.08 bits per heavy atom. The lowest BCUT2D eigenvalue weighted by molar-refractivity contribution is 0.0802. The Morgan fingerprint density at radius 1 is 1.42 bits per heavy atom. The second-order valence-electron chi connectivity index (χ2n) is 3.99. The van der Waals surface area contributed by atoms with Crippen LogP contribution in [-0.2, 0) is 0 Å².